The standard InChI is InChI=1S/C24H19ClN8O3/c1-15-27-24(36-32-15)29-21-22(34)33(14-16-5-7-17(25)8-6-16)23(31-30-21)28-18-9-11-19(12-10-18)35-20-4-2-3-13-26-20/h2-13H,14H2,1H3,(H,28,31)(H,27,29,30,32). The van der Waals surface area contributed by atoms with E-state index < -0.39 is 5.56 Å². The van der Waals surface area contributed by atoms with Crippen LogP contribution in [0.3, 0.4) is 0 Å². The van der Waals surface area contributed by atoms with Gasteiger partial charge in [0, 0.05) is 23.0 Å². The van der Waals surface area contributed by atoms with Gasteiger partial charge in [0.2, 0.25) is 17.6 Å². The van der Waals surface area contributed by atoms with Crippen LogP contribution in [0.4, 0.5) is 23.5 Å². The van der Waals surface area contributed by atoms with Crippen LogP contribution < -0.4 is 20.9 Å². The van der Waals surface area contributed by atoms with Crippen LogP contribution >= 0.6 is 11.6 Å². The van der Waals surface area contributed by atoms with Gasteiger partial charge in [-0.25, -0.2) is 4.98 Å². The topological polar surface area (TPSA) is 133 Å². The van der Waals surface area contributed by atoms with E-state index in [0.29, 0.717) is 28.2 Å². The average molecular weight is 503 g/mol. The van der Waals surface area contributed by atoms with E-state index in [0.717, 1.165) is 5.56 Å². The lowest BCUT2D eigenvalue weighted by molar-refractivity contribution is 0.428. The number of pyridine rings is 1. The van der Waals surface area contributed by atoms with Gasteiger partial charge in [0.05, 0.1) is 6.54 Å². The molecule has 0 atom stereocenters. The molecule has 0 radical (unpaired) electrons. The molecule has 5 rings (SSSR count). The normalized spacial score (nSPS) is 10.7. The third-order valence-corrected chi connectivity index (χ3v) is 5.18. The Hall–Kier alpha value is -4.77. The largest absolute Gasteiger partial charge is 0.439 e. The highest BCUT2D eigenvalue weighted by molar-refractivity contribution is 6.30. The fourth-order valence-corrected chi connectivity index (χ4v) is 3.35. The minimum atomic E-state index is -0.437. The quantitative estimate of drug-likeness (QED) is 0.307. The molecule has 3 heterocycles. The molecule has 0 spiro atoms. The maximum atomic E-state index is 13.3. The van der Waals surface area contributed by atoms with E-state index in [4.69, 9.17) is 20.9 Å². The molecule has 0 unspecified atom stereocenters. The molecule has 0 saturated heterocycles. The Bertz CT molecular complexity index is 1520. The third kappa shape index (κ3) is 5.47. The second-order valence-corrected chi connectivity index (χ2v) is 8.02. The number of ether oxygens (including phenoxy) is 1. The molecule has 2 aromatic carbocycles. The lowest BCUT2D eigenvalue weighted by Crippen LogP contribution is -2.28. The Morgan fingerprint density at radius 1 is 1.00 bits per heavy atom. The summed E-state index contributed by atoms with van der Waals surface area (Å²) in [6.45, 7) is 1.88. The monoisotopic (exact) mass is 502 g/mol. The molecule has 0 bridgehead atoms. The van der Waals surface area contributed by atoms with Gasteiger partial charge < -0.3 is 14.6 Å². The summed E-state index contributed by atoms with van der Waals surface area (Å²) in [5, 5.41) is 18.4. The fourth-order valence-electron chi connectivity index (χ4n) is 3.22. The Kier molecular flexibility index (Phi) is 6.54. The number of hydrogen-bond acceptors (Lipinski definition) is 10. The molecule has 0 aliphatic heterocycles. The number of halogens is 1. The predicted molar refractivity (Wildman–Crippen MR) is 133 cm³/mol. The molecule has 2 N–H and O–H groups in total. The summed E-state index contributed by atoms with van der Waals surface area (Å²) in [5.41, 5.74) is 1.08. The predicted octanol–water partition coefficient (Wildman–Crippen LogP) is 4.71. The van der Waals surface area contributed by atoms with Gasteiger partial charge in [-0.1, -0.05) is 35.0 Å². The zero-order chi connectivity index (χ0) is 24.9. The number of rotatable bonds is 8. The van der Waals surface area contributed by atoms with Crippen molar-refractivity contribution >= 4 is 35.1 Å². The summed E-state index contributed by atoms with van der Waals surface area (Å²) in [6.07, 6.45) is 1.65. The number of aryl methyl sites for hydroxylation is 1. The van der Waals surface area contributed by atoms with Crippen LogP contribution in [-0.4, -0.2) is 29.9 Å². The number of hydrogen-bond donors (Lipinski definition) is 2. The van der Waals surface area contributed by atoms with Gasteiger partial charge >= 0.3 is 6.01 Å². The summed E-state index contributed by atoms with van der Waals surface area (Å²) in [5.74, 6) is 1.69. The minimum absolute atomic E-state index is 0.0427. The van der Waals surface area contributed by atoms with Gasteiger partial charge in [-0.05, 0) is 55.0 Å². The Morgan fingerprint density at radius 2 is 1.81 bits per heavy atom. The van der Waals surface area contributed by atoms with Gasteiger partial charge in [-0.3, -0.25) is 14.7 Å². The number of benzene rings is 2. The van der Waals surface area contributed by atoms with E-state index >= 15 is 0 Å². The van der Waals surface area contributed by atoms with Crippen molar-refractivity contribution in [1.82, 2.24) is 29.9 Å². The summed E-state index contributed by atoms with van der Waals surface area (Å²) in [6, 6.07) is 19.8. The first-order valence-corrected chi connectivity index (χ1v) is 11.2. The van der Waals surface area contributed by atoms with Gasteiger partial charge in [0.15, 0.2) is 5.82 Å². The molecule has 5 aromatic rings. The maximum absolute atomic E-state index is 13.3. The molecule has 0 amide bonds. The number of nitrogens with one attached hydrogen (secondary N) is 2. The van der Waals surface area contributed by atoms with Crippen molar-refractivity contribution in [3.8, 4) is 11.6 Å². The zero-order valence-electron chi connectivity index (χ0n) is 18.9. The Labute approximate surface area is 209 Å². The maximum Gasteiger partial charge on any atom is 0.327 e. The SMILES string of the molecule is Cc1noc(Nc2nnc(Nc3ccc(Oc4ccccn4)cc3)n(Cc3ccc(Cl)cc3)c2=O)n1. The molecule has 36 heavy (non-hydrogen) atoms. The molecule has 0 aliphatic carbocycles. The molecular weight excluding hydrogens is 484 g/mol. The van der Waals surface area contributed by atoms with Crippen molar-refractivity contribution in [1.29, 1.82) is 0 Å². The summed E-state index contributed by atoms with van der Waals surface area (Å²) in [7, 11) is 0. The molecule has 0 saturated carbocycles. The van der Waals surface area contributed by atoms with E-state index in [-0.39, 0.29) is 24.3 Å². The molecule has 0 fully saturated rings. The van der Waals surface area contributed by atoms with E-state index in [1.807, 2.05) is 24.3 Å². The number of aromatic nitrogens is 6. The first-order chi connectivity index (χ1) is 17.5. The number of nitrogens with zero attached hydrogens (tertiary/aromatic N) is 6. The smallest absolute Gasteiger partial charge is 0.327 e. The van der Waals surface area contributed by atoms with Crippen molar-refractivity contribution in [2.75, 3.05) is 10.6 Å². The van der Waals surface area contributed by atoms with Crippen LogP contribution in [0.1, 0.15) is 11.4 Å². The third-order valence-electron chi connectivity index (χ3n) is 4.93. The van der Waals surface area contributed by atoms with Crippen LogP contribution in [0.5, 0.6) is 11.6 Å². The van der Waals surface area contributed by atoms with Crippen molar-refractivity contribution in [3.63, 3.8) is 0 Å². The second-order valence-electron chi connectivity index (χ2n) is 7.58. The van der Waals surface area contributed by atoms with Crippen molar-refractivity contribution in [3.05, 3.63) is 99.7 Å². The Balaban J connectivity index is 1.42. The molecule has 12 heteroatoms. The molecule has 3 aromatic heterocycles. The van der Waals surface area contributed by atoms with Gasteiger partial charge in [-0.2, -0.15) is 4.98 Å². The van der Waals surface area contributed by atoms with E-state index in [1.165, 1.54) is 4.57 Å². The molecule has 0 aliphatic rings. The highest BCUT2D eigenvalue weighted by Gasteiger charge is 2.16. The molecular formula is C24H19ClN8O3. The summed E-state index contributed by atoms with van der Waals surface area (Å²) >= 11 is 6.02. The number of anilines is 4. The van der Waals surface area contributed by atoms with Crippen LogP contribution in [-0.2, 0) is 6.54 Å². The van der Waals surface area contributed by atoms with Gasteiger partial charge in [0.1, 0.15) is 5.75 Å². The summed E-state index contributed by atoms with van der Waals surface area (Å²) < 4.78 is 12.2. The van der Waals surface area contributed by atoms with Crippen molar-refractivity contribution in [2.45, 2.75) is 13.5 Å². The van der Waals surface area contributed by atoms with E-state index in [9.17, 15) is 4.79 Å². The van der Waals surface area contributed by atoms with Crippen molar-refractivity contribution in [2.24, 2.45) is 0 Å². The zero-order valence-corrected chi connectivity index (χ0v) is 19.7. The highest BCUT2D eigenvalue weighted by atomic mass is 35.5. The summed E-state index contributed by atoms with van der Waals surface area (Å²) in [4.78, 5) is 21.5. The average Bonchev–Trinajstić information content (AvgIpc) is 3.30. The minimum Gasteiger partial charge on any atom is -0.439 e. The first kappa shape index (κ1) is 23.0. The van der Waals surface area contributed by atoms with Crippen LogP contribution in [0.25, 0.3) is 0 Å². The fraction of sp³-hybridized carbons (Fsp3) is 0.0833. The van der Waals surface area contributed by atoms with Crippen molar-refractivity contribution < 1.29 is 9.26 Å². The highest BCUT2D eigenvalue weighted by Crippen LogP contribution is 2.23. The van der Waals surface area contributed by atoms with Crippen LogP contribution in [0, 0.1) is 6.92 Å². The first-order valence-electron chi connectivity index (χ1n) is 10.8. The molecule has 11 nitrogen and oxygen atoms in total. The second kappa shape index (κ2) is 10.2. The van der Waals surface area contributed by atoms with Gasteiger partial charge in [0.25, 0.3) is 5.56 Å². The van der Waals surface area contributed by atoms with Crippen LogP contribution in [0.2, 0.25) is 5.02 Å². The van der Waals surface area contributed by atoms with E-state index in [2.05, 4.69) is 36.0 Å². The Morgan fingerprint density at radius 3 is 2.50 bits per heavy atom. The van der Waals surface area contributed by atoms with E-state index in [1.54, 1.807) is 55.6 Å². The lowest BCUT2D eigenvalue weighted by Gasteiger charge is -2.14. The van der Waals surface area contributed by atoms with Crippen LogP contribution in [0.15, 0.2) is 82.2 Å². The molecule has 180 valence electrons. The van der Waals surface area contributed by atoms with Gasteiger partial charge in [-0.15, -0.1) is 10.2 Å². The lowest BCUT2D eigenvalue weighted by atomic mass is 10.2.